The van der Waals surface area contributed by atoms with Gasteiger partial charge < -0.3 is 0 Å². The number of halogens is 1. The summed E-state index contributed by atoms with van der Waals surface area (Å²) in [7, 11) is 0. The van der Waals surface area contributed by atoms with Crippen LogP contribution in [0.2, 0.25) is 0 Å². The Labute approximate surface area is 86.2 Å². The SMILES string of the molecule is CC.CC.Cc1cccc(F)c1C#N. The summed E-state index contributed by atoms with van der Waals surface area (Å²) in [5.74, 6) is -0.442. The largest absolute Gasteiger partial charge is 0.206 e. The monoisotopic (exact) mass is 195 g/mol. The first kappa shape index (κ1) is 15.1. The maximum absolute atomic E-state index is 12.6. The second-order valence-electron chi connectivity index (χ2n) is 2.04. The van der Waals surface area contributed by atoms with Gasteiger partial charge in [0.05, 0.1) is 5.56 Å². The van der Waals surface area contributed by atoms with Crippen LogP contribution in [0.25, 0.3) is 0 Å². The summed E-state index contributed by atoms with van der Waals surface area (Å²) >= 11 is 0. The Hall–Kier alpha value is -1.36. The third-order valence-corrected chi connectivity index (χ3v) is 1.33. The van der Waals surface area contributed by atoms with Crippen molar-refractivity contribution >= 4 is 0 Å². The number of hydrogen-bond acceptors (Lipinski definition) is 1. The van der Waals surface area contributed by atoms with Crippen molar-refractivity contribution in [3.63, 3.8) is 0 Å². The van der Waals surface area contributed by atoms with E-state index in [1.165, 1.54) is 6.07 Å². The summed E-state index contributed by atoms with van der Waals surface area (Å²) in [5, 5.41) is 8.41. The molecule has 0 saturated heterocycles. The highest BCUT2D eigenvalue weighted by molar-refractivity contribution is 5.37. The van der Waals surface area contributed by atoms with Crippen LogP contribution in [0.1, 0.15) is 38.8 Å². The van der Waals surface area contributed by atoms with Gasteiger partial charge in [0.1, 0.15) is 11.9 Å². The van der Waals surface area contributed by atoms with Crippen molar-refractivity contribution in [2.45, 2.75) is 34.6 Å². The number of aryl methyl sites for hydroxylation is 1. The van der Waals surface area contributed by atoms with E-state index in [1.54, 1.807) is 25.1 Å². The average molecular weight is 195 g/mol. The lowest BCUT2D eigenvalue weighted by Crippen LogP contribution is -1.86. The molecule has 0 heterocycles. The fourth-order valence-corrected chi connectivity index (χ4v) is 0.774. The summed E-state index contributed by atoms with van der Waals surface area (Å²) in [6.07, 6.45) is 0. The quantitative estimate of drug-likeness (QED) is 0.612. The zero-order valence-electron chi connectivity index (χ0n) is 9.56. The van der Waals surface area contributed by atoms with Gasteiger partial charge in [0.25, 0.3) is 0 Å². The molecule has 0 fully saturated rings. The van der Waals surface area contributed by atoms with E-state index in [1.807, 2.05) is 27.7 Å². The van der Waals surface area contributed by atoms with Crippen LogP contribution in [0.4, 0.5) is 4.39 Å². The molecule has 0 saturated carbocycles. The molecule has 0 aliphatic carbocycles. The fraction of sp³-hybridized carbons (Fsp3) is 0.417. The highest BCUT2D eigenvalue weighted by Crippen LogP contribution is 2.09. The Morgan fingerprint density at radius 3 is 1.93 bits per heavy atom. The highest BCUT2D eigenvalue weighted by Gasteiger charge is 2.01. The topological polar surface area (TPSA) is 23.8 Å². The van der Waals surface area contributed by atoms with Gasteiger partial charge in [-0.3, -0.25) is 0 Å². The van der Waals surface area contributed by atoms with Crippen molar-refractivity contribution in [1.29, 1.82) is 5.26 Å². The van der Waals surface area contributed by atoms with Gasteiger partial charge >= 0.3 is 0 Å². The third-order valence-electron chi connectivity index (χ3n) is 1.33. The van der Waals surface area contributed by atoms with E-state index < -0.39 is 5.82 Å². The van der Waals surface area contributed by atoms with Gasteiger partial charge in [-0.15, -0.1) is 0 Å². The molecule has 0 bridgehead atoms. The molecule has 0 unspecified atom stereocenters. The first-order valence-corrected chi connectivity index (χ1v) is 4.91. The number of rotatable bonds is 0. The summed E-state index contributed by atoms with van der Waals surface area (Å²) in [6.45, 7) is 9.71. The molecule has 0 aromatic heterocycles. The van der Waals surface area contributed by atoms with Crippen LogP contribution >= 0.6 is 0 Å². The normalized spacial score (nSPS) is 7.21. The standard InChI is InChI=1S/C8H6FN.2C2H6/c1-6-3-2-4-8(9)7(6)5-10;2*1-2/h2-4H,1H3;2*1-2H3. The minimum atomic E-state index is -0.442. The van der Waals surface area contributed by atoms with Crippen molar-refractivity contribution in [1.82, 2.24) is 0 Å². The lowest BCUT2D eigenvalue weighted by Gasteiger charge is -1.94. The van der Waals surface area contributed by atoms with Crippen LogP contribution in [0.3, 0.4) is 0 Å². The fourth-order valence-electron chi connectivity index (χ4n) is 0.774. The second kappa shape index (κ2) is 9.73. The van der Waals surface area contributed by atoms with Crippen LogP contribution in [-0.4, -0.2) is 0 Å². The highest BCUT2D eigenvalue weighted by atomic mass is 19.1. The molecule has 78 valence electrons. The summed E-state index contributed by atoms with van der Waals surface area (Å²) < 4.78 is 12.6. The van der Waals surface area contributed by atoms with Gasteiger partial charge in [-0.1, -0.05) is 39.8 Å². The smallest absolute Gasteiger partial charge is 0.141 e. The Balaban J connectivity index is 0. The van der Waals surface area contributed by atoms with E-state index >= 15 is 0 Å². The molecule has 1 nitrogen and oxygen atoms in total. The number of benzene rings is 1. The molecule has 1 rings (SSSR count). The van der Waals surface area contributed by atoms with Crippen LogP contribution < -0.4 is 0 Å². The molecule has 2 heteroatoms. The average Bonchev–Trinajstić information content (AvgIpc) is 2.24. The van der Waals surface area contributed by atoms with Crippen molar-refractivity contribution in [3.8, 4) is 6.07 Å². The Bertz CT molecular complexity index is 267. The Morgan fingerprint density at radius 2 is 1.64 bits per heavy atom. The van der Waals surface area contributed by atoms with E-state index in [9.17, 15) is 4.39 Å². The molecule has 1 aromatic carbocycles. The van der Waals surface area contributed by atoms with Crippen molar-refractivity contribution < 1.29 is 4.39 Å². The Morgan fingerprint density at radius 1 is 1.14 bits per heavy atom. The van der Waals surface area contributed by atoms with Crippen molar-refractivity contribution in [2.24, 2.45) is 0 Å². The second-order valence-corrected chi connectivity index (χ2v) is 2.04. The van der Waals surface area contributed by atoms with E-state index in [-0.39, 0.29) is 5.56 Å². The van der Waals surface area contributed by atoms with Gasteiger partial charge in [-0.2, -0.15) is 5.26 Å². The molecule has 1 aromatic rings. The number of nitriles is 1. The molecule has 14 heavy (non-hydrogen) atoms. The van der Waals surface area contributed by atoms with E-state index in [4.69, 9.17) is 5.26 Å². The van der Waals surface area contributed by atoms with Gasteiger partial charge in [0.15, 0.2) is 0 Å². The molecule has 0 aliphatic heterocycles. The summed E-state index contributed by atoms with van der Waals surface area (Å²) in [5.41, 5.74) is 0.824. The lowest BCUT2D eigenvalue weighted by molar-refractivity contribution is 0.622. The number of hydrogen-bond donors (Lipinski definition) is 0. The lowest BCUT2D eigenvalue weighted by atomic mass is 10.1. The van der Waals surface area contributed by atoms with Gasteiger partial charge in [0.2, 0.25) is 0 Å². The van der Waals surface area contributed by atoms with Crippen LogP contribution in [0, 0.1) is 24.1 Å². The molecule has 0 spiro atoms. The van der Waals surface area contributed by atoms with E-state index in [0.29, 0.717) is 5.56 Å². The molecule has 0 aliphatic rings. The van der Waals surface area contributed by atoms with Crippen molar-refractivity contribution in [2.75, 3.05) is 0 Å². The molecule has 0 amide bonds. The summed E-state index contributed by atoms with van der Waals surface area (Å²) in [4.78, 5) is 0. The molecule has 0 N–H and O–H groups in total. The zero-order chi connectivity index (χ0) is 11.6. The molecule has 0 atom stereocenters. The van der Waals surface area contributed by atoms with Crippen LogP contribution in [0.5, 0.6) is 0 Å². The maximum Gasteiger partial charge on any atom is 0.141 e. The molecule has 0 radical (unpaired) electrons. The van der Waals surface area contributed by atoms with Gasteiger partial charge in [-0.05, 0) is 18.6 Å². The molecular formula is C12H18FN. The zero-order valence-corrected chi connectivity index (χ0v) is 9.56. The first-order chi connectivity index (χ1) is 6.75. The summed E-state index contributed by atoms with van der Waals surface area (Å²) in [6, 6.07) is 6.37. The minimum absolute atomic E-state index is 0.141. The minimum Gasteiger partial charge on any atom is -0.206 e. The number of nitrogens with zero attached hydrogens (tertiary/aromatic N) is 1. The van der Waals surface area contributed by atoms with Crippen LogP contribution in [0.15, 0.2) is 18.2 Å². The van der Waals surface area contributed by atoms with E-state index in [0.717, 1.165) is 0 Å². The van der Waals surface area contributed by atoms with Gasteiger partial charge in [-0.25, -0.2) is 4.39 Å². The predicted molar refractivity (Wildman–Crippen MR) is 58.5 cm³/mol. The predicted octanol–water partition coefficient (Wildman–Crippen LogP) is 4.06. The Kier molecular flexibility index (Phi) is 10.5. The molecular weight excluding hydrogens is 177 g/mol. The first-order valence-electron chi connectivity index (χ1n) is 4.91. The van der Waals surface area contributed by atoms with E-state index in [2.05, 4.69) is 0 Å². The van der Waals surface area contributed by atoms with Crippen LogP contribution in [-0.2, 0) is 0 Å². The maximum atomic E-state index is 12.6. The van der Waals surface area contributed by atoms with Gasteiger partial charge in [0, 0.05) is 0 Å². The van der Waals surface area contributed by atoms with Crippen molar-refractivity contribution in [3.05, 3.63) is 35.1 Å². The third kappa shape index (κ3) is 4.61.